The van der Waals surface area contributed by atoms with Crippen LogP contribution in [-0.2, 0) is 21.4 Å². The van der Waals surface area contributed by atoms with Gasteiger partial charge in [-0.15, -0.1) is 0 Å². The molecule has 0 heterocycles. The van der Waals surface area contributed by atoms with Crippen molar-refractivity contribution >= 4 is 21.6 Å². The van der Waals surface area contributed by atoms with Gasteiger partial charge in [0, 0.05) is 6.54 Å². The van der Waals surface area contributed by atoms with Gasteiger partial charge in [0.05, 0.1) is 19.1 Å². The van der Waals surface area contributed by atoms with Gasteiger partial charge in [0.2, 0.25) is 15.9 Å². The van der Waals surface area contributed by atoms with E-state index in [1.807, 2.05) is 44.2 Å². The summed E-state index contributed by atoms with van der Waals surface area (Å²) in [6.07, 6.45) is 1.08. The molecule has 0 spiro atoms. The Kier molecular flexibility index (Phi) is 6.49. The molecule has 0 aliphatic rings. The van der Waals surface area contributed by atoms with E-state index in [1.54, 1.807) is 19.1 Å². The topological polar surface area (TPSA) is 75.7 Å². The van der Waals surface area contributed by atoms with Crippen molar-refractivity contribution in [2.45, 2.75) is 33.4 Å². The number of benzene rings is 2. The number of hydrogen-bond donors (Lipinski definition) is 1. The summed E-state index contributed by atoms with van der Waals surface area (Å²) in [4.78, 5) is 12.7. The summed E-state index contributed by atoms with van der Waals surface area (Å²) < 4.78 is 31.3. The lowest BCUT2D eigenvalue weighted by molar-refractivity contribution is -0.122. The van der Waals surface area contributed by atoms with Crippen molar-refractivity contribution in [1.29, 1.82) is 0 Å². The Labute approximate surface area is 161 Å². The van der Waals surface area contributed by atoms with Crippen LogP contribution in [0.2, 0.25) is 0 Å². The van der Waals surface area contributed by atoms with Gasteiger partial charge in [-0.1, -0.05) is 35.9 Å². The lowest BCUT2D eigenvalue weighted by Gasteiger charge is -2.29. The maximum Gasteiger partial charge on any atom is 0.243 e. The largest absolute Gasteiger partial charge is 0.495 e. The molecule has 1 N–H and O–H groups in total. The predicted molar refractivity (Wildman–Crippen MR) is 108 cm³/mol. The molecule has 0 unspecified atom stereocenters. The average molecular weight is 391 g/mol. The number of aryl methyl sites for hydroxylation is 2. The molecule has 0 radical (unpaired) electrons. The number of methoxy groups -OCH3 is 1. The Morgan fingerprint density at radius 2 is 1.81 bits per heavy atom. The number of amides is 1. The van der Waals surface area contributed by atoms with Crippen molar-refractivity contribution in [3.05, 3.63) is 59.2 Å². The Hall–Kier alpha value is -2.54. The fourth-order valence-electron chi connectivity index (χ4n) is 2.91. The minimum absolute atomic E-state index is 0.327. The van der Waals surface area contributed by atoms with E-state index in [2.05, 4.69) is 5.32 Å². The van der Waals surface area contributed by atoms with Crippen LogP contribution in [0.4, 0.5) is 5.69 Å². The minimum atomic E-state index is -3.71. The maximum absolute atomic E-state index is 12.7. The van der Waals surface area contributed by atoms with Gasteiger partial charge in [-0.2, -0.15) is 0 Å². The van der Waals surface area contributed by atoms with Crippen LogP contribution in [0.15, 0.2) is 42.5 Å². The third kappa shape index (κ3) is 5.23. The fourth-order valence-corrected chi connectivity index (χ4v) is 4.08. The Morgan fingerprint density at radius 1 is 1.15 bits per heavy atom. The van der Waals surface area contributed by atoms with E-state index in [9.17, 15) is 13.2 Å². The van der Waals surface area contributed by atoms with Gasteiger partial charge in [-0.3, -0.25) is 9.10 Å². The monoisotopic (exact) mass is 390 g/mol. The molecular formula is C20H26N2O4S. The Balaban J connectivity index is 2.29. The van der Waals surface area contributed by atoms with Gasteiger partial charge >= 0.3 is 0 Å². The van der Waals surface area contributed by atoms with Crippen molar-refractivity contribution in [2.75, 3.05) is 17.7 Å². The van der Waals surface area contributed by atoms with Gasteiger partial charge in [0.1, 0.15) is 11.8 Å². The highest BCUT2D eigenvalue weighted by molar-refractivity contribution is 7.92. The number of ether oxygens (including phenoxy) is 1. The van der Waals surface area contributed by atoms with Crippen molar-refractivity contribution in [3.8, 4) is 5.75 Å². The number of hydrogen-bond acceptors (Lipinski definition) is 4. The highest BCUT2D eigenvalue weighted by Crippen LogP contribution is 2.32. The molecule has 1 amide bonds. The van der Waals surface area contributed by atoms with Crippen LogP contribution in [-0.4, -0.2) is 33.7 Å². The normalized spacial score (nSPS) is 12.3. The second-order valence-corrected chi connectivity index (χ2v) is 8.48. The summed E-state index contributed by atoms with van der Waals surface area (Å²) in [6.45, 7) is 5.72. The molecule has 27 heavy (non-hydrogen) atoms. The molecule has 2 aromatic carbocycles. The third-order valence-electron chi connectivity index (χ3n) is 4.21. The van der Waals surface area contributed by atoms with Gasteiger partial charge in [-0.05, 0) is 44.0 Å². The van der Waals surface area contributed by atoms with Crippen molar-refractivity contribution in [1.82, 2.24) is 5.32 Å². The molecule has 0 saturated carbocycles. The first-order valence-corrected chi connectivity index (χ1v) is 10.5. The number of sulfonamides is 1. The minimum Gasteiger partial charge on any atom is -0.495 e. The molecular weight excluding hydrogens is 364 g/mol. The number of carbonyl (C=O) groups is 1. The summed E-state index contributed by atoms with van der Waals surface area (Å²) in [5, 5.41) is 2.81. The second-order valence-electron chi connectivity index (χ2n) is 6.62. The third-order valence-corrected chi connectivity index (χ3v) is 5.44. The number of nitrogens with one attached hydrogen (secondary N) is 1. The van der Waals surface area contributed by atoms with Gasteiger partial charge in [0.15, 0.2) is 0 Å². The summed E-state index contributed by atoms with van der Waals surface area (Å²) >= 11 is 0. The highest BCUT2D eigenvalue weighted by Gasteiger charge is 2.31. The predicted octanol–water partition coefficient (Wildman–Crippen LogP) is 2.78. The van der Waals surface area contributed by atoms with Crippen molar-refractivity contribution in [3.63, 3.8) is 0 Å². The number of carbonyl (C=O) groups excluding carboxylic acids is 1. The molecule has 0 aliphatic carbocycles. The molecule has 0 bridgehead atoms. The summed E-state index contributed by atoms with van der Waals surface area (Å²) in [6, 6.07) is 12.1. The number of anilines is 1. The molecule has 146 valence electrons. The lowest BCUT2D eigenvalue weighted by atomic mass is 10.1. The van der Waals surface area contributed by atoms with Crippen LogP contribution in [0, 0.1) is 13.8 Å². The fraction of sp³-hybridized carbons (Fsp3) is 0.350. The molecule has 0 fully saturated rings. The molecule has 0 aliphatic heterocycles. The van der Waals surface area contributed by atoms with Gasteiger partial charge in [-0.25, -0.2) is 8.42 Å². The summed E-state index contributed by atoms with van der Waals surface area (Å²) in [7, 11) is -2.24. The first-order chi connectivity index (χ1) is 12.6. The van der Waals surface area contributed by atoms with Crippen LogP contribution < -0.4 is 14.4 Å². The zero-order valence-electron chi connectivity index (χ0n) is 16.3. The van der Waals surface area contributed by atoms with E-state index in [4.69, 9.17) is 4.74 Å². The lowest BCUT2D eigenvalue weighted by Crippen LogP contribution is -2.47. The van der Waals surface area contributed by atoms with E-state index >= 15 is 0 Å². The molecule has 2 aromatic rings. The van der Waals surface area contributed by atoms with E-state index in [0.717, 1.165) is 27.3 Å². The van der Waals surface area contributed by atoms with Gasteiger partial charge < -0.3 is 10.1 Å². The van der Waals surface area contributed by atoms with E-state index in [0.29, 0.717) is 18.0 Å². The van der Waals surface area contributed by atoms with E-state index in [-0.39, 0.29) is 5.91 Å². The number of nitrogens with zero attached hydrogens (tertiary/aromatic N) is 1. The first-order valence-electron chi connectivity index (χ1n) is 8.60. The molecule has 1 atom stereocenters. The van der Waals surface area contributed by atoms with Crippen molar-refractivity contribution in [2.24, 2.45) is 0 Å². The molecule has 2 rings (SSSR count). The van der Waals surface area contributed by atoms with Crippen LogP contribution in [0.25, 0.3) is 0 Å². The van der Waals surface area contributed by atoms with Gasteiger partial charge in [0.25, 0.3) is 0 Å². The molecule has 0 aromatic heterocycles. The van der Waals surface area contributed by atoms with Crippen LogP contribution in [0.5, 0.6) is 5.75 Å². The number of rotatable bonds is 7. The molecule has 6 nitrogen and oxygen atoms in total. The summed E-state index contributed by atoms with van der Waals surface area (Å²) in [5.41, 5.74) is 3.26. The zero-order chi connectivity index (χ0) is 20.2. The smallest absolute Gasteiger partial charge is 0.243 e. The quantitative estimate of drug-likeness (QED) is 0.789. The first kappa shape index (κ1) is 20.8. The van der Waals surface area contributed by atoms with Crippen LogP contribution in [0.1, 0.15) is 23.6 Å². The zero-order valence-corrected chi connectivity index (χ0v) is 17.1. The van der Waals surface area contributed by atoms with Crippen LogP contribution >= 0.6 is 0 Å². The Bertz CT molecular complexity index is 925. The van der Waals surface area contributed by atoms with E-state index in [1.165, 1.54) is 7.11 Å². The summed E-state index contributed by atoms with van der Waals surface area (Å²) in [5.74, 6) is 0.00912. The molecule has 0 saturated heterocycles. The standard InChI is InChI=1S/C20H26N2O4S/c1-14-7-6-8-17(11-14)13-21-20(23)16(3)22(27(5,24)25)18-12-15(2)9-10-19(18)26-4/h6-12,16H,13H2,1-5H3,(H,21,23)/t16-/m0/s1. The Morgan fingerprint density at radius 3 is 2.41 bits per heavy atom. The molecule has 7 heteroatoms. The SMILES string of the molecule is COc1ccc(C)cc1N([C@@H](C)C(=O)NCc1cccc(C)c1)S(C)(=O)=O. The highest BCUT2D eigenvalue weighted by atomic mass is 32.2. The maximum atomic E-state index is 12.7. The second kappa shape index (κ2) is 8.43. The van der Waals surface area contributed by atoms with E-state index < -0.39 is 16.1 Å². The average Bonchev–Trinajstić information content (AvgIpc) is 2.59. The van der Waals surface area contributed by atoms with Crippen molar-refractivity contribution < 1.29 is 17.9 Å². The van der Waals surface area contributed by atoms with Crippen LogP contribution in [0.3, 0.4) is 0 Å².